The van der Waals surface area contributed by atoms with Crippen molar-refractivity contribution in [2.45, 2.75) is 32.3 Å². The number of likely N-dealkylation sites (tertiary alicyclic amines) is 1. The van der Waals surface area contributed by atoms with Gasteiger partial charge in [-0.05, 0) is 12.8 Å². The van der Waals surface area contributed by atoms with Gasteiger partial charge in [0.2, 0.25) is 11.8 Å². The number of carbonyl (C=O) groups excluding carboxylic acids is 2. The molecule has 0 radical (unpaired) electrons. The number of amides is 2. The quantitative estimate of drug-likeness (QED) is 0.607. The minimum Gasteiger partial charge on any atom is -0.479 e. The third-order valence-corrected chi connectivity index (χ3v) is 3.24. The smallest absolute Gasteiger partial charge is 0.332 e. The fraction of sp³-hybridized carbons (Fsp3) is 0.750. The summed E-state index contributed by atoms with van der Waals surface area (Å²) in [6.07, 6.45) is 0.0249. The summed E-state index contributed by atoms with van der Waals surface area (Å²) in [6.45, 7) is 2.67. The molecule has 1 unspecified atom stereocenters. The highest BCUT2D eigenvalue weighted by Crippen LogP contribution is 2.16. The van der Waals surface area contributed by atoms with E-state index in [4.69, 9.17) is 10.2 Å². The molecule has 0 aromatic heterocycles. The Bertz CT molecular complexity index is 358. The Morgan fingerprint density at radius 3 is 2.68 bits per heavy atom. The van der Waals surface area contributed by atoms with E-state index in [1.807, 2.05) is 0 Å². The average molecular weight is 272 g/mol. The minimum absolute atomic E-state index is 0.0236. The van der Waals surface area contributed by atoms with E-state index in [9.17, 15) is 14.4 Å². The number of hydrogen-bond acceptors (Lipinski definition) is 4. The van der Waals surface area contributed by atoms with E-state index in [1.165, 1.54) is 6.92 Å². The maximum Gasteiger partial charge on any atom is 0.332 e. The first kappa shape index (κ1) is 15.4. The molecule has 0 aliphatic carbocycles. The SMILES string of the molecule is CC(=O)N1CCCC(C(=O)NCC[C@H](O)C(=O)O)C1. The number of nitrogens with zero attached hydrogens (tertiary/aromatic N) is 1. The molecule has 1 heterocycles. The molecule has 1 aliphatic heterocycles. The standard InChI is InChI=1S/C12H20N2O5/c1-8(15)14-6-2-3-9(7-14)11(17)13-5-4-10(16)12(18)19/h9-10,16H,2-7H2,1H3,(H,13,17)(H,18,19)/t9?,10-/m0/s1. The van der Waals surface area contributed by atoms with Gasteiger partial charge in [-0.2, -0.15) is 0 Å². The maximum absolute atomic E-state index is 11.8. The van der Waals surface area contributed by atoms with E-state index in [1.54, 1.807) is 4.90 Å². The number of aliphatic hydroxyl groups is 1. The Kier molecular flexibility index (Phi) is 5.75. The molecule has 0 spiro atoms. The van der Waals surface area contributed by atoms with Gasteiger partial charge >= 0.3 is 5.97 Å². The number of carboxylic acid groups (broad SMARTS) is 1. The molecule has 1 saturated heterocycles. The number of carbonyl (C=O) groups is 3. The van der Waals surface area contributed by atoms with Crippen LogP contribution in [0.3, 0.4) is 0 Å². The summed E-state index contributed by atoms with van der Waals surface area (Å²) in [6, 6.07) is 0. The number of piperidine rings is 1. The highest BCUT2D eigenvalue weighted by Gasteiger charge is 2.26. The van der Waals surface area contributed by atoms with Gasteiger partial charge in [-0.1, -0.05) is 0 Å². The summed E-state index contributed by atoms with van der Waals surface area (Å²) in [7, 11) is 0. The average Bonchev–Trinajstić information content (AvgIpc) is 2.38. The first-order valence-corrected chi connectivity index (χ1v) is 6.36. The zero-order valence-electron chi connectivity index (χ0n) is 11.0. The summed E-state index contributed by atoms with van der Waals surface area (Å²) in [5.41, 5.74) is 0. The Morgan fingerprint density at radius 1 is 1.42 bits per heavy atom. The predicted molar refractivity (Wildman–Crippen MR) is 66.2 cm³/mol. The fourth-order valence-electron chi connectivity index (χ4n) is 2.08. The molecule has 19 heavy (non-hydrogen) atoms. The van der Waals surface area contributed by atoms with Crippen LogP contribution in [0, 0.1) is 5.92 Å². The molecule has 2 amide bonds. The summed E-state index contributed by atoms with van der Waals surface area (Å²) in [5, 5.41) is 20.1. The molecule has 1 rings (SSSR count). The molecule has 3 N–H and O–H groups in total. The molecule has 7 nitrogen and oxygen atoms in total. The second kappa shape index (κ2) is 7.08. The van der Waals surface area contributed by atoms with Gasteiger partial charge in [0.1, 0.15) is 0 Å². The lowest BCUT2D eigenvalue weighted by atomic mass is 9.97. The first-order valence-electron chi connectivity index (χ1n) is 6.36. The molecular formula is C12H20N2O5. The molecule has 108 valence electrons. The van der Waals surface area contributed by atoms with Crippen LogP contribution in [-0.4, -0.2) is 58.6 Å². The largest absolute Gasteiger partial charge is 0.479 e. The summed E-state index contributed by atoms with van der Waals surface area (Å²) in [5.74, 6) is -1.78. The van der Waals surface area contributed by atoms with Crippen molar-refractivity contribution < 1.29 is 24.6 Å². The van der Waals surface area contributed by atoms with Gasteiger partial charge in [0.15, 0.2) is 6.10 Å². The van der Waals surface area contributed by atoms with Crippen molar-refractivity contribution in [3.63, 3.8) is 0 Å². The van der Waals surface area contributed by atoms with Gasteiger partial charge < -0.3 is 20.4 Å². The molecule has 0 saturated carbocycles. The van der Waals surface area contributed by atoms with E-state index in [0.29, 0.717) is 13.1 Å². The summed E-state index contributed by atoms with van der Waals surface area (Å²) >= 11 is 0. The van der Waals surface area contributed by atoms with Crippen LogP contribution in [0.5, 0.6) is 0 Å². The lowest BCUT2D eigenvalue weighted by molar-refractivity contribution is -0.147. The van der Waals surface area contributed by atoms with Gasteiger partial charge in [-0.15, -0.1) is 0 Å². The van der Waals surface area contributed by atoms with Crippen LogP contribution in [0.2, 0.25) is 0 Å². The number of aliphatic carboxylic acids is 1. The first-order chi connectivity index (χ1) is 8.91. The molecule has 1 aliphatic rings. The third-order valence-electron chi connectivity index (χ3n) is 3.24. The van der Waals surface area contributed by atoms with Crippen molar-refractivity contribution >= 4 is 17.8 Å². The number of hydrogen-bond donors (Lipinski definition) is 3. The Hall–Kier alpha value is -1.63. The van der Waals surface area contributed by atoms with Crippen molar-refractivity contribution in [3.8, 4) is 0 Å². The third kappa shape index (κ3) is 4.86. The van der Waals surface area contributed by atoms with Crippen LogP contribution >= 0.6 is 0 Å². The fourth-order valence-corrected chi connectivity index (χ4v) is 2.08. The molecular weight excluding hydrogens is 252 g/mol. The second-order valence-corrected chi connectivity index (χ2v) is 4.74. The summed E-state index contributed by atoms with van der Waals surface area (Å²) in [4.78, 5) is 35.1. The van der Waals surface area contributed by atoms with Crippen LogP contribution < -0.4 is 5.32 Å². The van der Waals surface area contributed by atoms with Gasteiger partial charge in [-0.25, -0.2) is 4.79 Å². The molecule has 2 atom stereocenters. The number of carboxylic acids is 1. The van der Waals surface area contributed by atoms with E-state index in [0.717, 1.165) is 12.8 Å². The van der Waals surface area contributed by atoms with Crippen molar-refractivity contribution in [1.82, 2.24) is 10.2 Å². The van der Waals surface area contributed by atoms with Crippen molar-refractivity contribution in [2.24, 2.45) is 5.92 Å². The van der Waals surface area contributed by atoms with Crippen molar-refractivity contribution in [3.05, 3.63) is 0 Å². The van der Waals surface area contributed by atoms with Gasteiger partial charge in [0, 0.05) is 33.0 Å². The van der Waals surface area contributed by atoms with E-state index < -0.39 is 12.1 Å². The highest BCUT2D eigenvalue weighted by atomic mass is 16.4. The lowest BCUT2D eigenvalue weighted by Crippen LogP contribution is -2.45. The van der Waals surface area contributed by atoms with Crippen molar-refractivity contribution in [1.29, 1.82) is 0 Å². The van der Waals surface area contributed by atoms with E-state index >= 15 is 0 Å². The van der Waals surface area contributed by atoms with E-state index in [-0.39, 0.29) is 30.7 Å². The van der Waals surface area contributed by atoms with Gasteiger partial charge in [0.05, 0.1) is 5.92 Å². The Labute approximate surface area is 111 Å². The molecule has 1 fully saturated rings. The second-order valence-electron chi connectivity index (χ2n) is 4.74. The van der Waals surface area contributed by atoms with Crippen molar-refractivity contribution in [2.75, 3.05) is 19.6 Å². The predicted octanol–water partition coefficient (Wildman–Crippen LogP) is -0.803. The van der Waals surface area contributed by atoms with Gasteiger partial charge in [0.25, 0.3) is 0 Å². The van der Waals surface area contributed by atoms with Gasteiger partial charge in [-0.3, -0.25) is 9.59 Å². The lowest BCUT2D eigenvalue weighted by Gasteiger charge is -2.31. The molecule has 0 bridgehead atoms. The molecule has 0 aromatic carbocycles. The zero-order chi connectivity index (χ0) is 14.4. The molecule has 7 heteroatoms. The summed E-state index contributed by atoms with van der Waals surface area (Å²) < 4.78 is 0. The monoisotopic (exact) mass is 272 g/mol. The van der Waals surface area contributed by atoms with Crippen LogP contribution in [0.15, 0.2) is 0 Å². The maximum atomic E-state index is 11.8. The van der Waals surface area contributed by atoms with E-state index in [2.05, 4.69) is 5.32 Å². The number of aliphatic hydroxyl groups excluding tert-OH is 1. The van der Waals surface area contributed by atoms with Crippen LogP contribution in [0.1, 0.15) is 26.2 Å². The topological polar surface area (TPSA) is 107 Å². The normalized spacial score (nSPS) is 20.7. The number of rotatable bonds is 5. The van der Waals surface area contributed by atoms with Crippen LogP contribution in [0.25, 0.3) is 0 Å². The minimum atomic E-state index is -1.46. The highest BCUT2D eigenvalue weighted by molar-refractivity contribution is 5.80. The zero-order valence-corrected chi connectivity index (χ0v) is 11.0. The van der Waals surface area contributed by atoms with Crippen LogP contribution in [-0.2, 0) is 14.4 Å². The Morgan fingerprint density at radius 2 is 2.11 bits per heavy atom. The van der Waals surface area contributed by atoms with Crippen LogP contribution in [0.4, 0.5) is 0 Å². The number of nitrogens with one attached hydrogen (secondary N) is 1. The molecule has 0 aromatic rings. The Balaban J connectivity index is 2.33.